The monoisotopic (exact) mass is 284 g/mol. The fourth-order valence-corrected chi connectivity index (χ4v) is 2.40. The molecule has 0 aromatic heterocycles. The third kappa shape index (κ3) is 9.11. The molecule has 0 aromatic carbocycles. The van der Waals surface area contributed by atoms with Gasteiger partial charge in [-0.1, -0.05) is 65.2 Å². The standard InChI is InChI=1S/C17H32O3/c1-4-6-8-9-10-12-13-15(17(19)20-3)16(18)14-11-7-5-2/h15H,4-14H2,1-3H3. The normalized spacial score (nSPS) is 12.2. The van der Waals surface area contributed by atoms with E-state index in [0.717, 1.165) is 32.1 Å². The van der Waals surface area contributed by atoms with Crippen molar-refractivity contribution in [3.8, 4) is 0 Å². The molecule has 0 aliphatic heterocycles. The number of esters is 1. The Morgan fingerprint density at radius 2 is 1.40 bits per heavy atom. The van der Waals surface area contributed by atoms with Crippen LogP contribution in [0.1, 0.15) is 84.5 Å². The summed E-state index contributed by atoms with van der Waals surface area (Å²) in [5.74, 6) is -0.804. The summed E-state index contributed by atoms with van der Waals surface area (Å²) in [7, 11) is 1.37. The molecule has 0 bridgehead atoms. The van der Waals surface area contributed by atoms with E-state index in [1.54, 1.807) is 0 Å². The molecule has 1 atom stereocenters. The lowest BCUT2D eigenvalue weighted by atomic mass is 9.93. The van der Waals surface area contributed by atoms with Crippen molar-refractivity contribution < 1.29 is 14.3 Å². The van der Waals surface area contributed by atoms with E-state index in [2.05, 4.69) is 13.8 Å². The molecular formula is C17H32O3. The minimum Gasteiger partial charge on any atom is -0.468 e. The van der Waals surface area contributed by atoms with Crippen molar-refractivity contribution >= 4 is 11.8 Å². The number of carbonyl (C=O) groups is 2. The van der Waals surface area contributed by atoms with Crippen LogP contribution < -0.4 is 0 Å². The highest BCUT2D eigenvalue weighted by molar-refractivity contribution is 5.98. The van der Waals surface area contributed by atoms with Crippen molar-refractivity contribution in [2.45, 2.75) is 84.5 Å². The number of rotatable bonds is 13. The molecule has 3 nitrogen and oxygen atoms in total. The highest BCUT2D eigenvalue weighted by Crippen LogP contribution is 2.17. The van der Waals surface area contributed by atoms with Crippen LogP contribution in [0, 0.1) is 5.92 Å². The zero-order chi connectivity index (χ0) is 15.2. The second-order valence-electron chi connectivity index (χ2n) is 5.56. The van der Waals surface area contributed by atoms with Crippen molar-refractivity contribution in [2.24, 2.45) is 5.92 Å². The molecule has 0 N–H and O–H groups in total. The molecule has 0 rings (SSSR count). The fraction of sp³-hybridized carbons (Fsp3) is 0.882. The summed E-state index contributed by atoms with van der Waals surface area (Å²) >= 11 is 0. The van der Waals surface area contributed by atoms with Gasteiger partial charge in [-0.25, -0.2) is 0 Å². The van der Waals surface area contributed by atoms with Gasteiger partial charge >= 0.3 is 5.97 Å². The molecule has 0 fully saturated rings. The molecule has 0 radical (unpaired) electrons. The summed E-state index contributed by atoms with van der Waals surface area (Å²) in [6, 6.07) is 0. The van der Waals surface area contributed by atoms with Gasteiger partial charge in [0.15, 0.2) is 0 Å². The van der Waals surface area contributed by atoms with Crippen LogP contribution in [-0.2, 0) is 14.3 Å². The van der Waals surface area contributed by atoms with Gasteiger partial charge in [-0.2, -0.15) is 0 Å². The molecule has 0 aliphatic rings. The largest absolute Gasteiger partial charge is 0.468 e. The second-order valence-corrected chi connectivity index (χ2v) is 5.56. The number of ketones is 1. The van der Waals surface area contributed by atoms with E-state index >= 15 is 0 Å². The van der Waals surface area contributed by atoms with Crippen LogP contribution in [0.2, 0.25) is 0 Å². The van der Waals surface area contributed by atoms with E-state index in [1.807, 2.05) is 0 Å². The molecule has 0 aromatic rings. The van der Waals surface area contributed by atoms with Crippen LogP contribution in [0.3, 0.4) is 0 Å². The predicted octanol–water partition coefficient (Wildman–Crippen LogP) is 4.68. The lowest BCUT2D eigenvalue weighted by molar-refractivity contribution is -0.149. The molecule has 0 saturated carbocycles. The Morgan fingerprint density at radius 1 is 0.850 bits per heavy atom. The van der Waals surface area contributed by atoms with E-state index in [4.69, 9.17) is 4.74 Å². The topological polar surface area (TPSA) is 43.4 Å². The average molecular weight is 284 g/mol. The Kier molecular flexibility index (Phi) is 12.6. The Labute approximate surface area is 124 Å². The third-order valence-corrected chi connectivity index (χ3v) is 3.75. The van der Waals surface area contributed by atoms with Crippen molar-refractivity contribution in [3.63, 3.8) is 0 Å². The van der Waals surface area contributed by atoms with Crippen LogP contribution >= 0.6 is 0 Å². The van der Waals surface area contributed by atoms with Crippen LogP contribution in [0.5, 0.6) is 0 Å². The van der Waals surface area contributed by atoms with Gasteiger partial charge in [0.25, 0.3) is 0 Å². The average Bonchev–Trinajstić information content (AvgIpc) is 2.46. The minimum atomic E-state index is -0.525. The molecule has 118 valence electrons. The first-order chi connectivity index (χ1) is 9.67. The molecule has 0 spiro atoms. The van der Waals surface area contributed by atoms with Gasteiger partial charge in [0.1, 0.15) is 11.7 Å². The Bertz CT molecular complexity index is 261. The van der Waals surface area contributed by atoms with Gasteiger partial charge in [0, 0.05) is 6.42 Å². The van der Waals surface area contributed by atoms with Crippen LogP contribution in [0.15, 0.2) is 0 Å². The first-order valence-electron chi connectivity index (χ1n) is 8.27. The second kappa shape index (κ2) is 13.1. The summed E-state index contributed by atoms with van der Waals surface area (Å²) in [5, 5.41) is 0. The molecule has 1 unspecified atom stereocenters. The highest BCUT2D eigenvalue weighted by atomic mass is 16.5. The number of unbranched alkanes of at least 4 members (excludes halogenated alkanes) is 7. The third-order valence-electron chi connectivity index (χ3n) is 3.75. The highest BCUT2D eigenvalue weighted by Gasteiger charge is 2.26. The SMILES string of the molecule is CCCCCCCCC(C(=O)CCCCC)C(=O)OC. The van der Waals surface area contributed by atoms with Crippen LogP contribution in [0.4, 0.5) is 0 Å². The quantitative estimate of drug-likeness (QED) is 0.280. The van der Waals surface area contributed by atoms with Crippen molar-refractivity contribution in [2.75, 3.05) is 7.11 Å². The van der Waals surface area contributed by atoms with E-state index < -0.39 is 5.92 Å². The molecule has 0 amide bonds. The summed E-state index contributed by atoms with van der Waals surface area (Å²) in [6.07, 6.45) is 11.2. The van der Waals surface area contributed by atoms with E-state index in [9.17, 15) is 9.59 Å². The maximum Gasteiger partial charge on any atom is 0.316 e. The Hall–Kier alpha value is -0.860. The summed E-state index contributed by atoms with van der Waals surface area (Å²) in [4.78, 5) is 23.8. The number of methoxy groups -OCH3 is 1. The number of hydrogen-bond acceptors (Lipinski definition) is 3. The van der Waals surface area contributed by atoms with Crippen molar-refractivity contribution in [3.05, 3.63) is 0 Å². The molecule has 20 heavy (non-hydrogen) atoms. The molecule has 0 saturated heterocycles. The molecule has 0 aliphatic carbocycles. The predicted molar refractivity (Wildman–Crippen MR) is 82.6 cm³/mol. The number of ether oxygens (including phenoxy) is 1. The van der Waals surface area contributed by atoms with Gasteiger partial charge in [-0.15, -0.1) is 0 Å². The van der Waals surface area contributed by atoms with E-state index in [1.165, 1.54) is 32.8 Å². The minimum absolute atomic E-state index is 0.0684. The zero-order valence-corrected chi connectivity index (χ0v) is 13.6. The van der Waals surface area contributed by atoms with Gasteiger partial charge in [-0.05, 0) is 12.8 Å². The van der Waals surface area contributed by atoms with Crippen molar-refractivity contribution in [1.29, 1.82) is 0 Å². The number of hydrogen-bond donors (Lipinski definition) is 0. The molecular weight excluding hydrogens is 252 g/mol. The molecule has 3 heteroatoms. The van der Waals surface area contributed by atoms with Gasteiger partial charge in [-0.3, -0.25) is 9.59 Å². The van der Waals surface area contributed by atoms with Crippen molar-refractivity contribution in [1.82, 2.24) is 0 Å². The zero-order valence-electron chi connectivity index (χ0n) is 13.6. The number of carbonyl (C=O) groups excluding carboxylic acids is 2. The summed E-state index contributed by atoms with van der Waals surface area (Å²) in [6.45, 7) is 4.31. The number of Topliss-reactive ketones (excluding diaryl/α,β-unsaturated/α-hetero) is 1. The smallest absolute Gasteiger partial charge is 0.316 e. The lowest BCUT2D eigenvalue weighted by Gasteiger charge is -2.13. The van der Waals surface area contributed by atoms with Crippen LogP contribution in [-0.4, -0.2) is 18.9 Å². The van der Waals surface area contributed by atoms with Gasteiger partial charge in [0.2, 0.25) is 0 Å². The Morgan fingerprint density at radius 3 is 2.00 bits per heavy atom. The first kappa shape index (κ1) is 19.1. The summed E-state index contributed by atoms with van der Waals surface area (Å²) < 4.78 is 4.78. The van der Waals surface area contributed by atoms with Crippen LogP contribution in [0.25, 0.3) is 0 Å². The van der Waals surface area contributed by atoms with Gasteiger partial charge < -0.3 is 4.74 Å². The fourth-order valence-electron chi connectivity index (χ4n) is 2.40. The maximum atomic E-state index is 12.1. The first-order valence-corrected chi connectivity index (χ1v) is 8.27. The summed E-state index contributed by atoms with van der Waals surface area (Å²) in [5.41, 5.74) is 0. The maximum absolute atomic E-state index is 12.1. The van der Waals surface area contributed by atoms with Gasteiger partial charge in [0.05, 0.1) is 7.11 Å². The Balaban J connectivity index is 4.02. The molecule has 0 heterocycles. The van der Waals surface area contributed by atoms with E-state index in [0.29, 0.717) is 12.8 Å². The van der Waals surface area contributed by atoms with E-state index in [-0.39, 0.29) is 11.8 Å². The lowest BCUT2D eigenvalue weighted by Crippen LogP contribution is -2.25.